The molecular weight excluding hydrogens is 320 g/mol. The Morgan fingerprint density at radius 3 is 2.48 bits per heavy atom. The third-order valence-electron chi connectivity index (χ3n) is 4.39. The van der Waals surface area contributed by atoms with Crippen LogP contribution >= 0.6 is 0 Å². The molecule has 1 fully saturated rings. The van der Waals surface area contributed by atoms with Gasteiger partial charge in [-0.2, -0.15) is 0 Å². The molecule has 25 heavy (non-hydrogen) atoms. The van der Waals surface area contributed by atoms with Gasteiger partial charge in [0.25, 0.3) is 0 Å². The molecule has 7 nitrogen and oxygen atoms in total. The van der Waals surface area contributed by atoms with Crippen molar-refractivity contribution in [1.29, 1.82) is 0 Å². The highest BCUT2D eigenvalue weighted by molar-refractivity contribution is 5.91. The van der Waals surface area contributed by atoms with E-state index in [1.165, 1.54) is 0 Å². The van der Waals surface area contributed by atoms with Crippen molar-refractivity contribution in [2.45, 2.75) is 6.42 Å². The zero-order chi connectivity index (χ0) is 18.2. The largest absolute Gasteiger partial charge is 0.497 e. The predicted molar refractivity (Wildman–Crippen MR) is 99.7 cm³/mol. The molecule has 1 aliphatic rings. The highest BCUT2D eigenvalue weighted by Crippen LogP contribution is 2.29. The Balaban J connectivity index is 1.83. The first-order chi connectivity index (χ1) is 12.0. The molecule has 7 heteroatoms. The number of piperazine rings is 1. The molecule has 1 aliphatic heterocycles. The molecule has 0 atom stereocenters. The molecule has 0 saturated carbocycles. The Labute approximate surface area is 150 Å². The molecule has 0 aromatic heterocycles. The summed E-state index contributed by atoms with van der Waals surface area (Å²) >= 11 is 0. The number of amides is 2. The summed E-state index contributed by atoms with van der Waals surface area (Å²) in [4.78, 5) is 19.0. The third kappa shape index (κ3) is 5.79. The summed E-state index contributed by atoms with van der Waals surface area (Å²) < 4.78 is 10.5. The summed E-state index contributed by atoms with van der Waals surface area (Å²) in [7, 11) is 7.37. The van der Waals surface area contributed by atoms with Crippen molar-refractivity contribution in [3.63, 3.8) is 0 Å². The van der Waals surface area contributed by atoms with Crippen LogP contribution in [0.4, 0.5) is 10.5 Å². The van der Waals surface area contributed by atoms with Crippen molar-refractivity contribution in [1.82, 2.24) is 14.7 Å². The van der Waals surface area contributed by atoms with E-state index >= 15 is 0 Å². The predicted octanol–water partition coefficient (Wildman–Crippen LogP) is 1.80. The summed E-state index contributed by atoms with van der Waals surface area (Å²) in [6, 6.07) is 5.28. The van der Waals surface area contributed by atoms with E-state index in [2.05, 4.69) is 29.2 Å². The molecule has 0 spiro atoms. The highest BCUT2D eigenvalue weighted by atomic mass is 16.5. The minimum absolute atomic E-state index is 0.0867. The first-order valence-electron chi connectivity index (χ1n) is 8.68. The summed E-state index contributed by atoms with van der Waals surface area (Å²) in [5, 5.41) is 2.94. The van der Waals surface area contributed by atoms with Crippen LogP contribution in [0.25, 0.3) is 0 Å². The Hall–Kier alpha value is -1.99. The minimum Gasteiger partial charge on any atom is -0.497 e. The van der Waals surface area contributed by atoms with Gasteiger partial charge in [0, 0.05) is 32.2 Å². The van der Waals surface area contributed by atoms with E-state index in [1.807, 2.05) is 4.90 Å². The monoisotopic (exact) mass is 350 g/mol. The molecular formula is C18H30N4O3. The van der Waals surface area contributed by atoms with Gasteiger partial charge in [-0.3, -0.25) is 4.90 Å². The zero-order valence-corrected chi connectivity index (χ0v) is 15.7. The van der Waals surface area contributed by atoms with Gasteiger partial charge >= 0.3 is 6.03 Å². The van der Waals surface area contributed by atoms with E-state index in [4.69, 9.17) is 9.47 Å². The number of carbonyl (C=O) groups is 1. The lowest BCUT2D eigenvalue weighted by Crippen LogP contribution is -2.50. The number of nitrogens with zero attached hydrogens (tertiary/aromatic N) is 3. The first-order valence-corrected chi connectivity index (χ1v) is 8.68. The van der Waals surface area contributed by atoms with Gasteiger partial charge in [0.05, 0.1) is 19.9 Å². The summed E-state index contributed by atoms with van der Waals surface area (Å²) in [6.07, 6.45) is 1.16. The van der Waals surface area contributed by atoms with Gasteiger partial charge < -0.3 is 24.6 Å². The fourth-order valence-corrected chi connectivity index (χ4v) is 2.88. The van der Waals surface area contributed by atoms with Gasteiger partial charge in [-0.15, -0.1) is 0 Å². The fraction of sp³-hybridized carbons (Fsp3) is 0.611. The smallest absolute Gasteiger partial charge is 0.322 e. The lowest BCUT2D eigenvalue weighted by molar-refractivity contribution is 0.144. The maximum absolute atomic E-state index is 12.5. The molecule has 140 valence electrons. The van der Waals surface area contributed by atoms with Crippen LogP contribution in [0.3, 0.4) is 0 Å². The van der Waals surface area contributed by atoms with Crippen LogP contribution < -0.4 is 14.8 Å². The average Bonchev–Trinajstić information content (AvgIpc) is 2.62. The number of hydrogen-bond donors (Lipinski definition) is 1. The number of carbonyl (C=O) groups excluding carboxylic acids is 1. The summed E-state index contributed by atoms with van der Waals surface area (Å²) in [5.41, 5.74) is 0.654. The molecule has 2 rings (SSSR count). The Bertz CT molecular complexity index is 557. The van der Waals surface area contributed by atoms with E-state index in [9.17, 15) is 4.79 Å². The molecule has 0 unspecified atom stereocenters. The maximum Gasteiger partial charge on any atom is 0.322 e. The molecule has 2 amide bonds. The molecule has 0 radical (unpaired) electrons. The van der Waals surface area contributed by atoms with Crippen LogP contribution in [-0.4, -0.2) is 88.3 Å². The topological polar surface area (TPSA) is 57.3 Å². The number of anilines is 1. The second-order valence-corrected chi connectivity index (χ2v) is 6.48. The van der Waals surface area contributed by atoms with Crippen LogP contribution in [0.2, 0.25) is 0 Å². The minimum atomic E-state index is -0.0867. The first kappa shape index (κ1) is 19.3. The van der Waals surface area contributed by atoms with Crippen LogP contribution in [0.1, 0.15) is 6.42 Å². The van der Waals surface area contributed by atoms with E-state index in [1.54, 1.807) is 32.4 Å². The lowest BCUT2D eigenvalue weighted by Gasteiger charge is -2.35. The second-order valence-electron chi connectivity index (χ2n) is 6.48. The lowest BCUT2D eigenvalue weighted by atomic mass is 10.2. The number of hydrogen-bond acceptors (Lipinski definition) is 5. The maximum atomic E-state index is 12.5. The van der Waals surface area contributed by atoms with Crippen LogP contribution in [0.15, 0.2) is 18.2 Å². The number of nitrogens with one attached hydrogen (secondary N) is 1. The van der Waals surface area contributed by atoms with Crippen LogP contribution in [-0.2, 0) is 0 Å². The van der Waals surface area contributed by atoms with Gasteiger partial charge in [-0.05, 0) is 45.7 Å². The van der Waals surface area contributed by atoms with Gasteiger partial charge in [0.1, 0.15) is 11.5 Å². The van der Waals surface area contributed by atoms with Gasteiger partial charge in [0.15, 0.2) is 0 Å². The van der Waals surface area contributed by atoms with Gasteiger partial charge in [0.2, 0.25) is 0 Å². The summed E-state index contributed by atoms with van der Waals surface area (Å²) in [5.74, 6) is 1.29. The van der Waals surface area contributed by atoms with Crippen molar-refractivity contribution >= 4 is 11.7 Å². The van der Waals surface area contributed by atoms with E-state index in [0.29, 0.717) is 17.2 Å². The second kappa shape index (κ2) is 9.48. The van der Waals surface area contributed by atoms with Crippen molar-refractivity contribution in [3.8, 4) is 11.5 Å². The van der Waals surface area contributed by atoms with Crippen molar-refractivity contribution < 1.29 is 14.3 Å². The van der Waals surface area contributed by atoms with E-state index in [-0.39, 0.29) is 6.03 Å². The zero-order valence-electron chi connectivity index (χ0n) is 15.7. The number of methoxy groups -OCH3 is 2. The molecule has 1 saturated heterocycles. The van der Waals surface area contributed by atoms with Crippen molar-refractivity contribution in [3.05, 3.63) is 18.2 Å². The Morgan fingerprint density at radius 1 is 1.16 bits per heavy atom. The third-order valence-corrected chi connectivity index (χ3v) is 4.39. The molecule has 0 aliphatic carbocycles. The fourth-order valence-electron chi connectivity index (χ4n) is 2.88. The SMILES string of the molecule is COc1ccc(NC(=O)N2CCN(CCCN(C)C)CC2)c(OC)c1. The standard InChI is InChI=1S/C18H30N4O3/c1-20(2)8-5-9-21-10-12-22(13-11-21)18(23)19-16-7-6-15(24-3)14-17(16)25-4/h6-7,14H,5,8-13H2,1-4H3,(H,19,23). The van der Waals surface area contributed by atoms with E-state index in [0.717, 1.165) is 45.7 Å². The number of urea groups is 1. The average molecular weight is 350 g/mol. The van der Waals surface area contributed by atoms with E-state index < -0.39 is 0 Å². The van der Waals surface area contributed by atoms with Gasteiger partial charge in [-0.1, -0.05) is 0 Å². The molecule has 1 heterocycles. The van der Waals surface area contributed by atoms with Gasteiger partial charge in [-0.25, -0.2) is 4.79 Å². The van der Waals surface area contributed by atoms with Crippen molar-refractivity contribution in [2.24, 2.45) is 0 Å². The molecule has 1 N–H and O–H groups in total. The highest BCUT2D eigenvalue weighted by Gasteiger charge is 2.21. The Kier molecular flexibility index (Phi) is 7.33. The number of rotatable bonds is 7. The normalized spacial score (nSPS) is 15.3. The Morgan fingerprint density at radius 2 is 1.88 bits per heavy atom. The van der Waals surface area contributed by atoms with Crippen molar-refractivity contribution in [2.75, 3.05) is 72.9 Å². The quantitative estimate of drug-likeness (QED) is 0.813. The molecule has 0 bridgehead atoms. The molecule has 1 aromatic carbocycles. The summed E-state index contributed by atoms with van der Waals surface area (Å²) in [6.45, 7) is 5.50. The molecule has 1 aromatic rings. The van der Waals surface area contributed by atoms with Crippen LogP contribution in [0.5, 0.6) is 11.5 Å². The van der Waals surface area contributed by atoms with Crippen LogP contribution in [0, 0.1) is 0 Å². The number of benzene rings is 1. The number of ether oxygens (including phenoxy) is 2.